The normalized spacial score (nSPS) is 15.3. The summed E-state index contributed by atoms with van der Waals surface area (Å²) in [5.41, 5.74) is 1.31. The number of piperazine rings is 1. The molecule has 1 heterocycles. The highest BCUT2D eigenvalue weighted by Crippen LogP contribution is 2.23. The molecule has 0 radical (unpaired) electrons. The first kappa shape index (κ1) is 17.0. The first-order chi connectivity index (χ1) is 11.7. The Morgan fingerprint density at radius 3 is 2.33 bits per heavy atom. The zero-order chi connectivity index (χ0) is 16.8. The second-order valence-corrected chi connectivity index (χ2v) is 6.72. The monoisotopic (exact) mass is 388 g/mol. The van der Waals surface area contributed by atoms with Gasteiger partial charge in [0.05, 0.1) is 4.47 Å². The van der Waals surface area contributed by atoms with Crippen LogP contribution in [0, 0.1) is 0 Å². The van der Waals surface area contributed by atoms with E-state index < -0.39 is 0 Å². The van der Waals surface area contributed by atoms with E-state index >= 15 is 0 Å². The molecular weight excluding hydrogens is 368 g/mol. The number of hydrogen-bond acceptors (Lipinski definition) is 3. The lowest BCUT2D eigenvalue weighted by molar-refractivity contribution is -0.135. The van der Waals surface area contributed by atoms with E-state index in [-0.39, 0.29) is 12.5 Å². The molecule has 0 spiro atoms. The molecule has 1 aliphatic rings. The van der Waals surface area contributed by atoms with Crippen LogP contribution in [0.1, 0.15) is 5.56 Å². The van der Waals surface area contributed by atoms with Gasteiger partial charge in [0.1, 0.15) is 5.75 Å². The Morgan fingerprint density at radius 1 is 0.958 bits per heavy atom. The Labute approximate surface area is 151 Å². The number of halogens is 1. The largest absolute Gasteiger partial charge is 0.483 e. The molecule has 1 aliphatic heterocycles. The molecule has 2 aromatic carbocycles. The standard InChI is InChI=1S/C19H21BrN2O2/c20-17-8-4-5-9-18(17)24-15-19(23)22-12-10-21(11-13-22)14-16-6-2-1-3-7-16/h1-9H,10-15H2. The molecule has 0 saturated carbocycles. The van der Waals surface area contributed by atoms with Crippen molar-refractivity contribution in [2.24, 2.45) is 0 Å². The van der Waals surface area contributed by atoms with Crippen LogP contribution in [0.25, 0.3) is 0 Å². The number of ether oxygens (including phenoxy) is 1. The molecule has 0 bridgehead atoms. The summed E-state index contributed by atoms with van der Waals surface area (Å²) in [6.45, 7) is 4.33. The molecule has 1 fully saturated rings. The Kier molecular flexibility index (Phi) is 5.88. The molecule has 5 heteroatoms. The topological polar surface area (TPSA) is 32.8 Å². The summed E-state index contributed by atoms with van der Waals surface area (Å²) < 4.78 is 6.49. The molecule has 0 aliphatic carbocycles. The summed E-state index contributed by atoms with van der Waals surface area (Å²) >= 11 is 3.43. The van der Waals surface area contributed by atoms with Crippen LogP contribution < -0.4 is 4.74 Å². The molecule has 3 rings (SSSR count). The van der Waals surface area contributed by atoms with Crippen molar-refractivity contribution in [1.29, 1.82) is 0 Å². The second kappa shape index (κ2) is 8.31. The van der Waals surface area contributed by atoms with Gasteiger partial charge in [-0.25, -0.2) is 0 Å². The maximum atomic E-state index is 12.3. The lowest BCUT2D eigenvalue weighted by Crippen LogP contribution is -2.49. The van der Waals surface area contributed by atoms with Crippen molar-refractivity contribution in [2.75, 3.05) is 32.8 Å². The van der Waals surface area contributed by atoms with E-state index in [2.05, 4.69) is 45.1 Å². The molecule has 4 nitrogen and oxygen atoms in total. The molecule has 2 aromatic rings. The molecular formula is C19H21BrN2O2. The van der Waals surface area contributed by atoms with Crippen LogP contribution in [-0.2, 0) is 11.3 Å². The summed E-state index contributed by atoms with van der Waals surface area (Å²) in [4.78, 5) is 16.6. The molecule has 0 aromatic heterocycles. The molecule has 126 valence electrons. The lowest BCUT2D eigenvalue weighted by atomic mass is 10.2. The van der Waals surface area contributed by atoms with Crippen LogP contribution in [-0.4, -0.2) is 48.5 Å². The fraction of sp³-hybridized carbons (Fsp3) is 0.316. The predicted octanol–water partition coefficient (Wildman–Crippen LogP) is 3.17. The Morgan fingerprint density at radius 2 is 1.62 bits per heavy atom. The number of rotatable bonds is 5. The van der Waals surface area contributed by atoms with Crippen LogP contribution in [0.15, 0.2) is 59.1 Å². The number of benzene rings is 2. The van der Waals surface area contributed by atoms with Gasteiger partial charge in [-0.2, -0.15) is 0 Å². The minimum Gasteiger partial charge on any atom is -0.483 e. The van der Waals surface area contributed by atoms with Crippen molar-refractivity contribution in [3.63, 3.8) is 0 Å². The van der Waals surface area contributed by atoms with Crippen LogP contribution in [0.4, 0.5) is 0 Å². The third-order valence-corrected chi connectivity index (χ3v) is 4.82. The third-order valence-electron chi connectivity index (χ3n) is 4.16. The van der Waals surface area contributed by atoms with Gasteiger partial charge < -0.3 is 9.64 Å². The van der Waals surface area contributed by atoms with E-state index in [1.165, 1.54) is 5.56 Å². The van der Waals surface area contributed by atoms with Gasteiger partial charge in [-0.1, -0.05) is 42.5 Å². The van der Waals surface area contributed by atoms with Crippen molar-refractivity contribution in [1.82, 2.24) is 9.80 Å². The summed E-state index contributed by atoms with van der Waals surface area (Å²) in [6, 6.07) is 18.0. The van der Waals surface area contributed by atoms with Crippen molar-refractivity contribution < 1.29 is 9.53 Å². The van der Waals surface area contributed by atoms with Gasteiger partial charge in [0, 0.05) is 32.7 Å². The molecule has 1 amide bonds. The highest BCUT2D eigenvalue weighted by molar-refractivity contribution is 9.10. The summed E-state index contributed by atoms with van der Waals surface area (Å²) in [5.74, 6) is 0.749. The SMILES string of the molecule is O=C(COc1ccccc1Br)N1CCN(Cc2ccccc2)CC1. The van der Waals surface area contributed by atoms with Crippen molar-refractivity contribution in [3.8, 4) is 5.75 Å². The van der Waals surface area contributed by atoms with E-state index in [9.17, 15) is 4.79 Å². The summed E-state index contributed by atoms with van der Waals surface area (Å²) in [7, 11) is 0. The highest BCUT2D eigenvalue weighted by atomic mass is 79.9. The van der Waals surface area contributed by atoms with Crippen molar-refractivity contribution in [2.45, 2.75) is 6.54 Å². The maximum Gasteiger partial charge on any atom is 0.260 e. The van der Waals surface area contributed by atoms with Gasteiger partial charge in [0.2, 0.25) is 0 Å². The van der Waals surface area contributed by atoms with Gasteiger partial charge in [-0.05, 0) is 33.6 Å². The van der Waals surface area contributed by atoms with Crippen molar-refractivity contribution >= 4 is 21.8 Å². The van der Waals surface area contributed by atoms with Crippen LogP contribution >= 0.6 is 15.9 Å². The van der Waals surface area contributed by atoms with E-state index in [1.807, 2.05) is 35.2 Å². The fourth-order valence-electron chi connectivity index (χ4n) is 2.79. The Bertz CT molecular complexity index is 670. The van der Waals surface area contributed by atoms with Gasteiger partial charge in [0.15, 0.2) is 6.61 Å². The van der Waals surface area contributed by atoms with Crippen LogP contribution in [0.5, 0.6) is 5.75 Å². The first-order valence-corrected chi connectivity index (χ1v) is 8.93. The van der Waals surface area contributed by atoms with E-state index in [0.29, 0.717) is 5.75 Å². The number of carbonyl (C=O) groups is 1. The number of hydrogen-bond donors (Lipinski definition) is 0. The maximum absolute atomic E-state index is 12.3. The quantitative estimate of drug-likeness (QED) is 0.788. The average molecular weight is 389 g/mol. The number of nitrogens with zero attached hydrogens (tertiary/aromatic N) is 2. The Balaban J connectivity index is 1.44. The van der Waals surface area contributed by atoms with Crippen LogP contribution in [0.3, 0.4) is 0 Å². The first-order valence-electron chi connectivity index (χ1n) is 8.14. The van der Waals surface area contributed by atoms with Gasteiger partial charge in [0.25, 0.3) is 5.91 Å². The molecule has 0 atom stereocenters. The zero-order valence-corrected chi connectivity index (χ0v) is 15.1. The van der Waals surface area contributed by atoms with Crippen molar-refractivity contribution in [3.05, 3.63) is 64.6 Å². The highest BCUT2D eigenvalue weighted by Gasteiger charge is 2.21. The summed E-state index contributed by atoms with van der Waals surface area (Å²) in [5, 5.41) is 0. The predicted molar refractivity (Wildman–Crippen MR) is 97.9 cm³/mol. The van der Waals surface area contributed by atoms with Gasteiger partial charge >= 0.3 is 0 Å². The molecule has 0 unspecified atom stereocenters. The minimum absolute atomic E-state index is 0.0464. The summed E-state index contributed by atoms with van der Waals surface area (Å²) in [6.07, 6.45) is 0. The van der Waals surface area contributed by atoms with E-state index in [4.69, 9.17) is 4.74 Å². The van der Waals surface area contributed by atoms with E-state index in [1.54, 1.807) is 0 Å². The second-order valence-electron chi connectivity index (χ2n) is 5.86. The Hall–Kier alpha value is -1.85. The third kappa shape index (κ3) is 4.58. The van der Waals surface area contributed by atoms with Gasteiger partial charge in [-0.15, -0.1) is 0 Å². The lowest BCUT2D eigenvalue weighted by Gasteiger charge is -2.34. The zero-order valence-electron chi connectivity index (χ0n) is 13.5. The number of carbonyl (C=O) groups excluding carboxylic acids is 1. The smallest absolute Gasteiger partial charge is 0.260 e. The van der Waals surface area contributed by atoms with Gasteiger partial charge in [-0.3, -0.25) is 9.69 Å². The average Bonchev–Trinajstić information content (AvgIpc) is 2.62. The molecule has 1 saturated heterocycles. The fourth-order valence-corrected chi connectivity index (χ4v) is 3.19. The molecule has 0 N–H and O–H groups in total. The number of amides is 1. The van der Waals surface area contributed by atoms with Crippen LogP contribution in [0.2, 0.25) is 0 Å². The molecule has 24 heavy (non-hydrogen) atoms. The van der Waals surface area contributed by atoms with E-state index in [0.717, 1.165) is 37.2 Å². The number of para-hydroxylation sites is 1. The minimum atomic E-state index is 0.0464.